The SMILES string of the molecule is CCC(C)(C)C(=O)OCCC1CC2CCCC(C2)C1. The van der Waals surface area contributed by atoms with Gasteiger partial charge in [0.05, 0.1) is 12.0 Å². The topological polar surface area (TPSA) is 26.3 Å². The zero-order chi connectivity index (χ0) is 13.9. The normalized spacial score (nSPS) is 31.0. The first-order chi connectivity index (χ1) is 9.01. The number of rotatable bonds is 5. The van der Waals surface area contributed by atoms with Crippen LogP contribution in [0.2, 0.25) is 0 Å². The molecule has 0 radical (unpaired) electrons. The summed E-state index contributed by atoms with van der Waals surface area (Å²) in [5, 5.41) is 0. The number of carbonyl (C=O) groups excluding carboxylic acids is 1. The lowest BCUT2D eigenvalue weighted by Gasteiger charge is -2.39. The van der Waals surface area contributed by atoms with Crippen molar-refractivity contribution in [3.05, 3.63) is 0 Å². The van der Waals surface area contributed by atoms with Gasteiger partial charge in [-0.1, -0.05) is 26.2 Å². The van der Waals surface area contributed by atoms with Crippen molar-refractivity contribution < 1.29 is 9.53 Å². The molecule has 2 aliphatic rings. The standard InChI is InChI=1S/C17H30O2/c1-4-17(2,3)16(18)19-9-8-15-11-13-6-5-7-14(10-13)12-15/h13-15H,4-12H2,1-3H3. The molecule has 0 aliphatic heterocycles. The Morgan fingerprint density at radius 3 is 2.37 bits per heavy atom. The molecule has 2 aliphatic carbocycles. The lowest BCUT2D eigenvalue weighted by atomic mass is 9.67. The molecule has 0 spiro atoms. The molecule has 110 valence electrons. The second-order valence-corrected chi connectivity index (χ2v) is 7.40. The van der Waals surface area contributed by atoms with Gasteiger partial charge in [-0.25, -0.2) is 0 Å². The van der Waals surface area contributed by atoms with Crippen molar-refractivity contribution in [2.45, 2.75) is 72.1 Å². The molecule has 2 bridgehead atoms. The number of esters is 1. The summed E-state index contributed by atoms with van der Waals surface area (Å²) in [6, 6.07) is 0. The molecule has 0 aromatic carbocycles. The highest BCUT2D eigenvalue weighted by Gasteiger charge is 2.32. The van der Waals surface area contributed by atoms with Crippen LogP contribution in [-0.4, -0.2) is 12.6 Å². The van der Waals surface area contributed by atoms with Crippen molar-refractivity contribution in [1.29, 1.82) is 0 Å². The molecule has 0 saturated heterocycles. The summed E-state index contributed by atoms with van der Waals surface area (Å²) >= 11 is 0. The third-order valence-corrected chi connectivity index (χ3v) is 5.42. The second-order valence-electron chi connectivity index (χ2n) is 7.40. The van der Waals surface area contributed by atoms with Crippen molar-refractivity contribution in [1.82, 2.24) is 0 Å². The van der Waals surface area contributed by atoms with E-state index in [-0.39, 0.29) is 11.4 Å². The number of hydrogen-bond donors (Lipinski definition) is 0. The monoisotopic (exact) mass is 266 g/mol. The Labute approximate surface area is 118 Å². The highest BCUT2D eigenvalue weighted by atomic mass is 16.5. The number of hydrogen-bond acceptors (Lipinski definition) is 2. The van der Waals surface area contributed by atoms with Crippen LogP contribution in [0.25, 0.3) is 0 Å². The Kier molecular flexibility index (Phi) is 4.92. The van der Waals surface area contributed by atoms with Crippen molar-refractivity contribution >= 4 is 5.97 Å². The van der Waals surface area contributed by atoms with Crippen molar-refractivity contribution in [3.8, 4) is 0 Å². The molecule has 2 heteroatoms. The van der Waals surface area contributed by atoms with Gasteiger partial charge in [0.15, 0.2) is 0 Å². The summed E-state index contributed by atoms with van der Waals surface area (Å²) in [6.45, 7) is 6.62. The van der Waals surface area contributed by atoms with Crippen LogP contribution in [0.15, 0.2) is 0 Å². The first kappa shape index (κ1) is 14.9. The lowest BCUT2D eigenvalue weighted by molar-refractivity contribution is -0.154. The smallest absolute Gasteiger partial charge is 0.311 e. The van der Waals surface area contributed by atoms with E-state index in [0.717, 1.165) is 30.6 Å². The largest absolute Gasteiger partial charge is 0.465 e. The summed E-state index contributed by atoms with van der Waals surface area (Å²) in [4.78, 5) is 11.9. The molecule has 2 saturated carbocycles. The van der Waals surface area contributed by atoms with Gasteiger partial charge in [-0.2, -0.15) is 0 Å². The van der Waals surface area contributed by atoms with Crippen LogP contribution in [-0.2, 0) is 9.53 Å². The maximum Gasteiger partial charge on any atom is 0.311 e. The van der Waals surface area contributed by atoms with Crippen LogP contribution in [0.1, 0.15) is 72.1 Å². The molecular weight excluding hydrogens is 236 g/mol. The Morgan fingerprint density at radius 2 is 1.79 bits per heavy atom. The minimum absolute atomic E-state index is 0.0222. The molecular formula is C17H30O2. The van der Waals surface area contributed by atoms with Gasteiger partial charge in [0.2, 0.25) is 0 Å². The number of fused-ring (bicyclic) bond motifs is 2. The summed E-state index contributed by atoms with van der Waals surface area (Å²) in [7, 11) is 0. The zero-order valence-electron chi connectivity index (χ0n) is 12.9. The molecule has 0 N–H and O–H groups in total. The van der Waals surface area contributed by atoms with E-state index in [4.69, 9.17) is 4.74 Å². The quantitative estimate of drug-likeness (QED) is 0.681. The van der Waals surface area contributed by atoms with E-state index in [0.29, 0.717) is 6.61 Å². The van der Waals surface area contributed by atoms with E-state index in [1.807, 2.05) is 20.8 Å². The van der Waals surface area contributed by atoms with E-state index < -0.39 is 0 Å². The predicted molar refractivity (Wildman–Crippen MR) is 77.8 cm³/mol. The van der Waals surface area contributed by atoms with Crippen LogP contribution in [0.4, 0.5) is 0 Å². The van der Waals surface area contributed by atoms with Gasteiger partial charge < -0.3 is 4.74 Å². The van der Waals surface area contributed by atoms with Gasteiger partial charge >= 0.3 is 5.97 Å². The summed E-state index contributed by atoms with van der Waals surface area (Å²) in [5.41, 5.74) is -0.316. The number of ether oxygens (including phenoxy) is 1. The van der Waals surface area contributed by atoms with Crippen molar-refractivity contribution in [3.63, 3.8) is 0 Å². The Morgan fingerprint density at radius 1 is 1.16 bits per heavy atom. The molecule has 2 atom stereocenters. The fraction of sp³-hybridized carbons (Fsp3) is 0.941. The van der Waals surface area contributed by atoms with Gasteiger partial charge in [-0.3, -0.25) is 4.79 Å². The Bertz CT molecular complexity index is 296. The maximum absolute atomic E-state index is 11.9. The molecule has 19 heavy (non-hydrogen) atoms. The maximum atomic E-state index is 11.9. The molecule has 0 aromatic rings. The predicted octanol–water partition coefficient (Wildman–Crippen LogP) is 4.57. The van der Waals surface area contributed by atoms with Crippen LogP contribution < -0.4 is 0 Å². The number of carbonyl (C=O) groups is 1. The van der Waals surface area contributed by atoms with Crippen LogP contribution >= 0.6 is 0 Å². The third-order valence-electron chi connectivity index (χ3n) is 5.42. The van der Waals surface area contributed by atoms with Gasteiger partial charge in [-0.05, 0) is 63.7 Å². The van der Waals surface area contributed by atoms with E-state index >= 15 is 0 Å². The fourth-order valence-electron chi connectivity index (χ4n) is 3.76. The molecule has 2 rings (SSSR count). The summed E-state index contributed by atoms with van der Waals surface area (Å²) in [6.07, 6.45) is 10.5. The highest BCUT2D eigenvalue weighted by molar-refractivity contribution is 5.75. The first-order valence-electron chi connectivity index (χ1n) is 8.18. The van der Waals surface area contributed by atoms with Gasteiger partial charge in [0.25, 0.3) is 0 Å². The minimum Gasteiger partial charge on any atom is -0.465 e. The van der Waals surface area contributed by atoms with E-state index in [9.17, 15) is 4.79 Å². The molecule has 0 heterocycles. The van der Waals surface area contributed by atoms with Gasteiger partial charge in [-0.15, -0.1) is 0 Å². The van der Waals surface area contributed by atoms with Gasteiger partial charge in [0.1, 0.15) is 0 Å². The first-order valence-corrected chi connectivity index (χ1v) is 8.18. The third kappa shape index (κ3) is 3.97. The Hall–Kier alpha value is -0.530. The van der Waals surface area contributed by atoms with E-state index in [2.05, 4.69) is 0 Å². The summed E-state index contributed by atoms with van der Waals surface area (Å²) < 4.78 is 5.48. The lowest BCUT2D eigenvalue weighted by Crippen LogP contribution is -2.29. The van der Waals surface area contributed by atoms with E-state index in [1.54, 1.807) is 0 Å². The van der Waals surface area contributed by atoms with E-state index in [1.165, 1.54) is 38.5 Å². The molecule has 2 fully saturated rings. The molecule has 2 unspecified atom stereocenters. The molecule has 0 aromatic heterocycles. The van der Waals surface area contributed by atoms with Gasteiger partial charge in [0, 0.05) is 0 Å². The Balaban J connectivity index is 1.70. The highest BCUT2D eigenvalue weighted by Crippen LogP contribution is 2.43. The van der Waals surface area contributed by atoms with Crippen LogP contribution in [0.5, 0.6) is 0 Å². The van der Waals surface area contributed by atoms with Crippen molar-refractivity contribution in [2.75, 3.05) is 6.61 Å². The zero-order valence-corrected chi connectivity index (χ0v) is 12.9. The molecule has 2 nitrogen and oxygen atoms in total. The second kappa shape index (κ2) is 6.28. The molecule has 0 amide bonds. The van der Waals surface area contributed by atoms with Crippen LogP contribution in [0, 0.1) is 23.2 Å². The van der Waals surface area contributed by atoms with Crippen molar-refractivity contribution in [2.24, 2.45) is 23.2 Å². The minimum atomic E-state index is -0.316. The van der Waals surface area contributed by atoms with Crippen LogP contribution in [0.3, 0.4) is 0 Å². The average Bonchev–Trinajstić information content (AvgIpc) is 2.38. The average molecular weight is 266 g/mol. The fourth-order valence-corrected chi connectivity index (χ4v) is 3.76. The summed E-state index contributed by atoms with van der Waals surface area (Å²) in [5.74, 6) is 2.73.